The molecule has 2 aliphatic heterocycles. The van der Waals surface area contributed by atoms with Gasteiger partial charge < -0.3 is 20.8 Å². The zero-order chi connectivity index (χ0) is 21.9. The van der Waals surface area contributed by atoms with Gasteiger partial charge >= 0.3 is 11.9 Å². The largest absolute Gasteiger partial charge is 0.480 e. The smallest absolute Gasteiger partial charge is 0.326 e. The molecule has 2 aromatic heterocycles. The van der Waals surface area contributed by atoms with E-state index in [0.29, 0.717) is 25.7 Å². The first-order valence-corrected chi connectivity index (χ1v) is 9.21. The second kappa shape index (κ2) is 11.2. The van der Waals surface area contributed by atoms with E-state index in [2.05, 4.69) is 20.6 Å². The SMILES string of the molecule is O=C1CC[C@H](C(=O)O)N1.O=C1CC[C@H](C(=O)O)N1.c1cc(-c2ccncc2)ccn1. The molecule has 0 unspecified atom stereocenters. The zero-order valence-electron chi connectivity index (χ0n) is 16.0. The molecule has 0 bridgehead atoms. The Kier molecular flexibility index (Phi) is 8.42. The van der Waals surface area contributed by atoms with Gasteiger partial charge in [-0.1, -0.05) is 0 Å². The number of carboxylic acid groups (broad SMARTS) is 2. The highest BCUT2D eigenvalue weighted by molar-refractivity contribution is 5.87. The molecule has 158 valence electrons. The average Bonchev–Trinajstić information content (AvgIpc) is 3.39. The molecule has 2 fully saturated rings. The minimum absolute atomic E-state index is 0.164. The molecule has 30 heavy (non-hydrogen) atoms. The summed E-state index contributed by atoms with van der Waals surface area (Å²) >= 11 is 0. The maximum absolute atomic E-state index is 10.4. The third-order valence-corrected chi connectivity index (χ3v) is 4.28. The van der Waals surface area contributed by atoms with Gasteiger partial charge in [0, 0.05) is 37.6 Å². The van der Waals surface area contributed by atoms with E-state index < -0.39 is 24.0 Å². The van der Waals surface area contributed by atoms with Crippen molar-refractivity contribution in [2.75, 3.05) is 0 Å². The molecule has 2 atom stereocenters. The van der Waals surface area contributed by atoms with E-state index in [9.17, 15) is 19.2 Å². The standard InChI is InChI=1S/C10H8N2.2C5H7NO3/c1-5-11-6-2-9(1)10-3-7-12-8-4-10;2*7-4-2-1-3(6-4)5(8)9/h1-8H;2*3H,1-2H2,(H,6,7)(H,8,9)/t;2*3-/m.11/s1. The molecular weight excluding hydrogens is 392 g/mol. The van der Waals surface area contributed by atoms with E-state index in [-0.39, 0.29) is 11.8 Å². The number of carboxylic acids is 2. The first-order valence-electron chi connectivity index (χ1n) is 9.21. The summed E-state index contributed by atoms with van der Waals surface area (Å²) < 4.78 is 0. The number of hydrogen-bond donors (Lipinski definition) is 4. The second-order valence-electron chi connectivity index (χ2n) is 6.47. The number of rotatable bonds is 3. The van der Waals surface area contributed by atoms with E-state index in [0.717, 1.165) is 0 Å². The van der Waals surface area contributed by atoms with E-state index in [1.807, 2.05) is 24.3 Å². The fourth-order valence-electron chi connectivity index (χ4n) is 2.69. The summed E-state index contributed by atoms with van der Waals surface area (Å²) in [6.07, 6.45) is 8.69. The molecule has 2 saturated heterocycles. The van der Waals surface area contributed by atoms with Gasteiger partial charge in [-0.15, -0.1) is 0 Å². The summed E-state index contributed by atoms with van der Waals surface area (Å²) in [6.45, 7) is 0. The van der Waals surface area contributed by atoms with Crippen LogP contribution in [0.4, 0.5) is 0 Å². The van der Waals surface area contributed by atoms with Crippen molar-refractivity contribution >= 4 is 23.8 Å². The first kappa shape index (κ1) is 22.5. The predicted octanol–water partition coefficient (Wildman–Crippen LogP) is 0.843. The number of hydrogen-bond acceptors (Lipinski definition) is 6. The molecule has 2 aliphatic rings. The van der Waals surface area contributed by atoms with Gasteiger partial charge in [0.15, 0.2) is 0 Å². The summed E-state index contributed by atoms with van der Waals surface area (Å²) in [7, 11) is 0. The number of aromatic nitrogens is 2. The number of carbonyl (C=O) groups is 4. The third kappa shape index (κ3) is 7.30. The topological polar surface area (TPSA) is 159 Å². The summed E-state index contributed by atoms with van der Waals surface area (Å²) in [6, 6.07) is 6.64. The van der Waals surface area contributed by atoms with Crippen LogP contribution in [-0.4, -0.2) is 56.0 Å². The van der Waals surface area contributed by atoms with Gasteiger partial charge in [0.1, 0.15) is 12.1 Å². The van der Waals surface area contributed by atoms with Crippen LogP contribution < -0.4 is 10.6 Å². The van der Waals surface area contributed by atoms with E-state index in [1.165, 1.54) is 11.1 Å². The van der Waals surface area contributed by atoms with Crippen molar-refractivity contribution < 1.29 is 29.4 Å². The molecular formula is C20H22N4O6. The lowest BCUT2D eigenvalue weighted by Gasteiger charge is -1.99. The lowest BCUT2D eigenvalue weighted by Crippen LogP contribution is -2.32. The van der Waals surface area contributed by atoms with Crippen molar-refractivity contribution in [3.63, 3.8) is 0 Å². The highest BCUT2D eigenvalue weighted by Crippen LogP contribution is 2.15. The number of amides is 2. The molecule has 2 aromatic rings. The Bertz CT molecular complexity index is 802. The van der Waals surface area contributed by atoms with Crippen molar-refractivity contribution in [3.8, 4) is 11.1 Å². The van der Waals surface area contributed by atoms with Crippen molar-refractivity contribution in [1.82, 2.24) is 20.6 Å². The highest BCUT2D eigenvalue weighted by Gasteiger charge is 2.26. The molecule has 0 spiro atoms. The van der Waals surface area contributed by atoms with E-state index in [4.69, 9.17) is 10.2 Å². The monoisotopic (exact) mass is 414 g/mol. The maximum Gasteiger partial charge on any atom is 0.326 e. The molecule has 4 heterocycles. The Morgan fingerprint density at radius 2 is 1.07 bits per heavy atom. The van der Waals surface area contributed by atoms with Crippen molar-refractivity contribution in [1.29, 1.82) is 0 Å². The summed E-state index contributed by atoms with van der Waals surface area (Å²) in [5, 5.41) is 21.3. The maximum atomic E-state index is 10.4. The van der Waals surface area contributed by atoms with Crippen LogP contribution in [0.3, 0.4) is 0 Å². The van der Waals surface area contributed by atoms with Gasteiger partial charge in [0.2, 0.25) is 11.8 Å². The lowest BCUT2D eigenvalue weighted by molar-refractivity contribution is -0.140. The zero-order valence-corrected chi connectivity index (χ0v) is 16.0. The van der Waals surface area contributed by atoms with Gasteiger partial charge in [-0.05, 0) is 48.2 Å². The van der Waals surface area contributed by atoms with Gasteiger partial charge in [0.05, 0.1) is 0 Å². The fraction of sp³-hybridized carbons (Fsp3) is 0.300. The number of carbonyl (C=O) groups excluding carboxylic acids is 2. The molecule has 2 amide bonds. The first-order chi connectivity index (χ1) is 14.4. The van der Waals surface area contributed by atoms with Gasteiger partial charge in [0.25, 0.3) is 0 Å². The van der Waals surface area contributed by atoms with Crippen LogP contribution >= 0.6 is 0 Å². The highest BCUT2D eigenvalue weighted by atomic mass is 16.4. The van der Waals surface area contributed by atoms with Crippen LogP contribution in [0.15, 0.2) is 49.1 Å². The average molecular weight is 414 g/mol. The molecule has 10 nitrogen and oxygen atoms in total. The molecule has 0 radical (unpaired) electrons. The normalized spacial score (nSPS) is 19.3. The quantitative estimate of drug-likeness (QED) is 0.575. The minimum Gasteiger partial charge on any atom is -0.480 e. The van der Waals surface area contributed by atoms with Crippen LogP contribution in [0.5, 0.6) is 0 Å². The van der Waals surface area contributed by atoms with Crippen LogP contribution in [0.1, 0.15) is 25.7 Å². The Morgan fingerprint density at radius 1 is 0.733 bits per heavy atom. The molecule has 0 aromatic carbocycles. The van der Waals surface area contributed by atoms with Crippen molar-refractivity contribution in [3.05, 3.63) is 49.1 Å². The summed E-state index contributed by atoms with van der Waals surface area (Å²) in [5.74, 6) is -2.22. The number of nitrogens with zero attached hydrogens (tertiary/aromatic N) is 2. The molecule has 0 aliphatic carbocycles. The molecule has 4 N–H and O–H groups in total. The van der Waals surface area contributed by atoms with Crippen LogP contribution in [-0.2, 0) is 19.2 Å². The Balaban J connectivity index is 0.000000163. The van der Waals surface area contributed by atoms with Gasteiger partial charge in [-0.3, -0.25) is 19.6 Å². The Hall–Kier alpha value is -3.82. The van der Waals surface area contributed by atoms with E-state index >= 15 is 0 Å². The fourth-order valence-corrected chi connectivity index (χ4v) is 2.69. The Labute approximate surface area is 172 Å². The van der Waals surface area contributed by atoms with Gasteiger partial charge in [-0.2, -0.15) is 0 Å². The van der Waals surface area contributed by atoms with Crippen LogP contribution in [0.25, 0.3) is 11.1 Å². The second-order valence-corrected chi connectivity index (χ2v) is 6.47. The predicted molar refractivity (Wildman–Crippen MR) is 105 cm³/mol. The number of pyridine rings is 2. The third-order valence-electron chi connectivity index (χ3n) is 4.28. The van der Waals surface area contributed by atoms with Crippen molar-refractivity contribution in [2.45, 2.75) is 37.8 Å². The minimum atomic E-state index is -0.944. The van der Waals surface area contributed by atoms with Gasteiger partial charge in [-0.25, -0.2) is 9.59 Å². The number of nitrogens with one attached hydrogen (secondary N) is 2. The van der Waals surface area contributed by atoms with Crippen LogP contribution in [0.2, 0.25) is 0 Å². The molecule has 0 saturated carbocycles. The Morgan fingerprint density at radius 3 is 1.27 bits per heavy atom. The molecule has 4 rings (SSSR count). The lowest BCUT2D eigenvalue weighted by atomic mass is 10.1. The molecule has 10 heteroatoms. The van der Waals surface area contributed by atoms with Crippen LogP contribution in [0, 0.1) is 0 Å². The summed E-state index contributed by atoms with van der Waals surface area (Å²) in [5.41, 5.74) is 2.35. The summed E-state index contributed by atoms with van der Waals surface area (Å²) in [4.78, 5) is 48.9. The number of aliphatic carboxylic acids is 2. The van der Waals surface area contributed by atoms with Crippen molar-refractivity contribution in [2.24, 2.45) is 0 Å². The van der Waals surface area contributed by atoms with E-state index in [1.54, 1.807) is 24.8 Å².